The van der Waals surface area contributed by atoms with Crippen molar-refractivity contribution in [1.29, 1.82) is 0 Å². The maximum atomic E-state index is 12.3. The Hall–Kier alpha value is -2.13. The van der Waals surface area contributed by atoms with E-state index in [9.17, 15) is 4.79 Å². The van der Waals surface area contributed by atoms with Crippen LogP contribution in [0.1, 0.15) is 16.7 Å². The molecule has 0 fully saturated rings. The van der Waals surface area contributed by atoms with Crippen LogP contribution in [0.25, 0.3) is 0 Å². The second kappa shape index (κ2) is 6.35. The van der Waals surface area contributed by atoms with Gasteiger partial charge >= 0.3 is 0 Å². The summed E-state index contributed by atoms with van der Waals surface area (Å²) in [5.74, 6) is 0.0781. The zero-order valence-electron chi connectivity index (χ0n) is 12.0. The third-order valence-electron chi connectivity index (χ3n) is 3.41. The number of aryl methyl sites for hydroxylation is 1. The summed E-state index contributed by atoms with van der Waals surface area (Å²) in [5.41, 5.74) is 9.75. The number of hydrogen-bond acceptors (Lipinski definition) is 2. The quantitative estimate of drug-likeness (QED) is 0.926. The summed E-state index contributed by atoms with van der Waals surface area (Å²) in [7, 11) is 1.81. The highest BCUT2D eigenvalue weighted by Crippen LogP contribution is 2.15. The molecule has 104 valence electrons. The lowest BCUT2D eigenvalue weighted by Gasteiger charge is -2.17. The average Bonchev–Trinajstić information content (AvgIpc) is 2.48. The molecule has 0 heterocycles. The van der Waals surface area contributed by atoms with Crippen molar-refractivity contribution in [2.24, 2.45) is 5.73 Å². The number of carbonyl (C=O) groups is 1. The number of anilines is 1. The van der Waals surface area contributed by atoms with E-state index in [-0.39, 0.29) is 5.91 Å². The first kappa shape index (κ1) is 14.3. The number of nitrogens with two attached hydrogens (primary N) is 1. The summed E-state index contributed by atoms with van der Waals surface area (Å²) in [6.07, 6.45) is 0.398. The molecular weight excluding hydrogens is 248 g/mol. The van der Waals surface area contributed by atoms with Gasteiger partial charge in [-0.15, -0.1) is 0 Å². The second-order valence-corrected chi connectivity index (χ2v) is 4.99. The minimum atomic E-state index is 0.0781. The van der Waals surface area contributed by atoms with Crippen molar-refractivity contribution in [3.8, 4) is 0 Å². The minimum Gasteiger partial charge on any atom is -0.326 e. The van der Waals surface area contributed by atoms with E-state index in [2.05, 4.69) is 0 Å². The van der Waals surface area contributed by atoms with Crippen molar-refractivity contribution in [3.05, 3.63) is 65.2 Å². The van der Waals surface area contributed by atoms with Crippen LogP contribution in [0.3, 0.4) is 0 Å². The molecule has 1 amide bonds. The molecule has 0 unspecified atom stereocenters. The maximum Gasteiger partial charge on any atom is 0.231 e. The van der Waals surface area contributed by atoms with Crippen LogP contribution < -0.4 is 10.6 Å². The fraction of sp³-hybridized carbons (Fsp3) is 0.235. The topological polar surface area (TPSA) is 46.3 Å². The predicted octanol–water partition coefficient (Wildman–Crippen LogP) is 2.66. The van der Waals surface area contributed by atoms with Gasteiger partial charge in [0.15, 0.2) is 0 Å². The van der Waals surface area contributed by atoms with Gasteiger partial charge in [-0.3, -0.25) is 4.79 Å². The van der Waals surface area contributed by atoms with Gasteiger partial charge in [0.25, 0.3) is 0 Å². The molecule has 0 bridgehead atoms. The molecule has 0 aliphatic rings. The Morgan fingerprint density at radius 1 is 1.00 bits per heavy atom. The van der Waals surface area contributed by atoms with Crippen molar-refractivity contribution >= 4 is 11.6 Å². The Balaban J connectivity index is 2.05. The van der Waals surface area contributed by atoms with Gasteiger partial charge in [0, 0.05) is 19.3 Å². The standard InChI is InChI=1S/C17H20N2O/c1-13-3-9-16(10-4-13)19(2)17(20)11-14-5-7-15(12-18)8-6-14/h3-10H,11-12,18H2,1-2H3. The summed E-state index contributed by atoms with van der Waals surface area (Å²) in [6.45, 7) is 2.56. The zero-order valence-corrected chi connectivity index (χ0v) is 12.0. The van der Waals surface area contributed by atoms with Gasteiger partial charge in [0.05, 0.1) is 6.42 Å². The van der Waals surface area contributed by atoms with Crippen LogP contribution in [0.2, 0.25) is 0 Å². The number of amides is 1. The Labute approximate surface area is 120 Å². The Kier molecular flexibility index (Phi) is 4.53. The molecule has 0 saturated carbocycles. The average molecular weight is 268 g/mol. The molecule has 0 atom stereocenters. The third-order valence-corrected chi connectivity index (χ3v) is 3.41. The molecular formula is C17H20N2O. The fourth-order valence-electron chi connectivity index (χ4n) is 2.00. The van der Waals surface area contributed by atoms with Gasteiger partial charge in [-0.25, -0.2) is 0 Å². The van der Waals surface area contributed by atoms with Gasteiger partial charge in [-0.05, 0) is 30.2 Å². The summed E-state index contributed by atoms with van der Waals surface area (Å²) >= 11 is 0. The fourth-order valence-corrected chi connectivity index (χ4v) is 2.00. The van der Waals surface area contributed by atoms with Crippen molar-refractivity contribution in [2.45, 2.75) is 19.9 Å². The number of likely N-dealkylation sites (N-methyl/N-ethyl adjacent to an activating group) is 1. The molecule has 0 aromatic heterocycles. The zero-order chi connectivity index (χ0) is 14.5. The highest BCUT2D eigenvalue weighted by molar-refractivity contribution is 5.94. The van der Waals surface area contributed by atoms with E-state index in [1.54, 1.807) is 11.9 Å². The minimum absolute atomic E-state index is 0.0781. The van der Waals surface area contributed by atoms with Crippen LogP contribution in [0.15, 0.2) is 48.5 Å². The van der Waals surface area contributed by atoms with Crippen LogP contribution in [-0.2, 0) is 17.8 Å². The number of benzene rings is 2. The van der Waals surface area contributed by atoms with E-state index >= 15 is 0 Å². The van der Waals surface area contributed by atoms with Gasteiger partial charge in [0.2, 0.25) is 5.91 Å². The van der Waals surface area contributed by atoms with Gasteiger partial charge in [-0.1, -0.05) is 42.0 Å². The highest BCUT2D eigenvalue weighted by atomic mass is 16.2. The summed E-state index contributed by atoms with van der Waals surface area (Å²) in [4.78, 5) is 13.9. The molecule has 3 heteroatoms. The second-order valence-electron chi connectivity index (χ2n) is 4.99. The highest BCUT2D eigenvalue weighted by Gasteiger charge is 2.11. The Morgan fingerprint density at radius 3 is 2.10 bits per heavy atom. The lowest BCUT2D eigenvalue weighted by molar-refractivity contribution is -0.117. The molecule has 0 aliphatic heterocycles. The van der Waals surface area contributed by atoms with Crippen molar-refractivity contribution in [2.75, 3.05) is 11.9 Å². The first-order valence-corrected chi connectivity index (χ1v) is 6.71. The van der Waals surface area contributed by atoms with Crippen LogP contribution in [0.5, 0.6) is 0 Å². The normalized spacial score (nSPS) is 10.3. The number of hydrogen-bond donors (Lipinski definition) is 1. The summed E-state index contributed by atoms with van der Waals surface area (Å²) in [6, 6.07) is 15.8. The van der Waals surface area contributed by atoms with E-state index in [1.807, 2.05) is 55.5 Å². The van der Waals surface area contributed by atoms with Gasteiger partial charge < -0.3 is 10.6 Å². The van der Waals surface area contributed by atoms with E-state index < -0.39 is 0 Å². The lowest BCUT2D eigenvalue weighted by atomic mass is 10.1. The molecule has 2 aromatic rings. The summed E-state index contributed by atoms with van der Waals surface area (Å²) < 4.78 is 0. The molecule has 2 N–H and O–H groups in total. The largest absolute Gasteiger partial charge is 0.326 e. The number of nitrogens with zero attached hydrogens (tertiary/aromatic N) is 1. The molecule has 0 saturated heterocycles. The van der Waals surface area contributed by atoms with E-state index in [0.717, 1.165) is 16.8 Å². The van der Waals surface area contributed by atoms with Crippen molar-refractivity contribution in [1.82, 2.24) is 0 Å². The number of rotatable bonds is 4. The smallest absolute Gasteiger partial charge is 0.231 e. The van der Waals surface area contributed by atoms with Crippen LogP contribution in [-0.4, -0.2) is 13.0 Å². The molecule has 2 aromatic carbocycles. The third kappa shape index (κ3) is 3.45. The molecule has 20 heavy (non-hydrogen) atoms. The first-order valence-electron chi connectivity index (χ1n) is 6.71. The van der Waals surface area contributed by atoms with Gasteiger partial charge in [0.1, 0.15) is 0 Å². The molecule has 0 radical (unpaired) electrons. The molecule has 0 spiro atoms. The van der Waals surface area contributed by atoms with Crippen molar-refractivity contribution in [3.63, 3.8) is 0 Å². The monoisotopic (exact) mass is 268 g/mol. The van der Waals surface area contributed by atoms with Crippen LogP contribution >= 0.6 is 0 Å². The van der Waals surface area contributed by atoms with E-state index in [0.29, 0.717) is 13.0 Å². The first-order chi connectivity index (χ1) is 9.60. The Bertz CT molecular complexity index is 573. The molecule has 2 rings (SSSR count). The predicted molar refractivity (Wildman–Crippen MR) is 82.6 cm³/mol. The summed E-state index contributed by atoms with van der Waals surface area (Å²) in [5, 5.41) is 0. The lowest BCUT2D eigenvalue weighted by Crippen LogP contribution is -2.27. The van der Waals surface area contributed by atoms with Crippen molar-refractivity contribution < 1.29 is 4.79 Å². The number of carbonyl (C=O) groups excluding carboxylic acids is 1. The Morgan fingerprint density at radius 2 is 1.55 bits per heavy atom. The van der Waals surface area contributed by atoms with Crippen LogP contribution in [0.4, 0.5) is 5.69 Å². The maximum absolute atomic E-state index is 12.3. The van der Waals surface area contributed by atoms with E-state index in [1.165, 1.54) is 5.56 Å². The molecule has 0 aliphatic carbocycles. The van der Waals surface area contributed by atoms with Crippen LogP contribution in [0, 0.1) is 6.92 Å². The SMILES string of the molecule is Cc1ccc(N(C)C(=O)Cc2ccc(CN)cc2)cc1. The van der Waals surface area contributed by atoms with Gasteiger partial charge in [-0.2, -0.15) is 0 Å². The van der Waals surface area contributed by atoms with E-state index in [4.69, 9.17) is 5.73 Å². The molecule has 3 nitrogen and oxygen atoms in total.